The Kier molecular flexibility index (Phi) is 10.3. The number of nitrogens with two attached hydrogens (primary N) is 1. The zero-order valence-electron chi connectivity index (χ0n) is 15.8. The van der Waals surface area contributed by atoms with Gasteiger partial charge in [-0.1, -0.05) is 12.2 Å². The SMILES string of the molecule is C=C(CC(NC=O)C(=O)O)CC(C(=O)O)N(C(=O)CC[C@@H](N)C(=O)O)C(=O)C(F)(F)F. The summed E-state index contributed by atoms with van der Waals surface area (Å²) in [5.74, 6) is -9.64. The van der Waals surface area contributed by atoms with Crippen LogP contribution in [0.3, 0.4) is 0 Å². The molecule has 0 aliphatic rings. The molecule has 0 aromatic carbocycles. The fraction of sp³-hybridized carbons (Fsp3) is 0.500. The van der Waals surface area contributed by atoms with Gasteiger partial charge in [0.05, 0.1) is 0 Å². The summed E-state index contributed by atoms with van der Waals surface area (Å²) >= 11 is 0. The molecule has 12 nitrogen and oxygen atoms in total. The van der Waals surface area contributed by atoms with E-state index >= 15 is 0 Å². The first-order valence-corrected chi connectivity index (χ1v) is 8.37. The second-order valence-electron chi connectivity index (χ2n) is 6.24. The number of carbonyl (C=O) groups is 6. The summed E-state index contributed by atoms with van der Waals surface area (Å²) in [5, 5.41) is 28.8. The maximum absolute atomic E-state index is 13.0. The molecule has 0 rings (SSSR count). The quantitative estimate of drug-likeness (QED) is 0.171. The highest BCUT2D eigenvalue weighted by molar-refractivity contribution is 6.01. The molecule has 3 amide bonds. The number of imide groups is 1. The van der Waals surface area contributed by atoms with Gasteiger partial charge in [0.15, 0.2) is 0 Å². The number of halogens is 3. The molecule has 0 heterocycles. The largest absolute Gasteiger partial charge is 0.480 e. The minimum atomic E-state index is -5.65. The monoisotopic (exact) mass is 455 g/mol. The second kappa shape index (κ2) is 11.6. The first-order chi connectivity index (χ1) is 14.1. The number of nitrogens with zero attached hydrogens (tertiary/aromatic N) is 1. The van der Waals surface area contributed by atoms with Gasteiger partial charge in [-0.2, -0.15) is 13.2 Å². The topological polar surface area (TPSA) is 204 Å². The zero-order valence-corrected chi connectivity index (χ0v) is 15.8. The summed E-state index contributed by atoms with van der Waals surface area (Å²) in [6.45, 7) is 3.33. The fourth-order valence-corrected chi connectivity index (χ4v) is 2.32. The van der Waals surface area contributed by atoms with E-state index in [0.29, 0.717) is 0 Å². The van der Waals surface area contributed by atoms with Gasteiger partial charge in [0.1, 0.15) is 18.1 Å². The lowest BCUT2D eigenvalue weighted by molar-refractivity contribution is -0.192. The van der Waals surface area contributed by atoms with E-state index in [1.54, 1.807) is 0 Å². The average molecular weight is 455 g/mol. The van der Waals surface area contributed by atoms with Crippen molar-refractivity contribution in [1.29, 1.82) is 0 Å². The summed E-state index contributed by atoms with van der Waals surface area (Å²) < 4.78 is 38.9. The summed E-state index contributed by atoms with van der Waals surface area (Å²) in [6.07, 6.45) is -8.87. The Hall–Kier alpha value is -3.49. The molecule has 0 bridgehead atoms. The van der Waals surface area contributed by atoms with Crippen LogP contribution in [-0.2, 0) is 28.8 Å². The van der Waals surface area contributed by atoms with Gasteiger partial charge in [-0.15, -0.1) is 0 Å². The van der Waals surface area contributed by atoms with Crippen molar-refractivity contribution in [2.75, 3.05) is 0 Å². The van der Waals surface area contributed by atoms with Crippen LogP contribution in [0.2, 0.25) is 0 Å². The Morgan fingerprint density at radius 3 is 1.97 bits per heavy atom. The normalized spacial score (nSPS) is 13.9. The fourth-order valence-electron chi connectivity index (χ4n) is 2.32. The maximum atomic E-state index is 13.0. The predicted octanol–water partition coefficient (Wildman–Crippen LogP) is -0.915. The van der Waals surface area contributed by atoms with Gasteiger partial charge in [0.25, 0.3) is 0 Å². The van der Waals surface area contributed by atoms with Crippen LogP contribution in [0.4, 0.5) is 13.2 Å². The lowest BCUT2D eigenvalue weighted by atomic mass is 9.98. The molecule has 6 N–H and O–H groups in total. The third-order valence-corrected chi connectivity index (χ3v) is 3.86. The number of carboxylic acid groups (broad SMARTS) is 3. The van der Waals surface area contributed by atoms with E-state index in [2.05, 4.69) is 6.58 Å². The Bertz CT molecular complexity index is 754. The molecule has 0 aromatic rings. The van der Waals surface area contributed by atoms with Gasteiger partial charge in [-0.3, -0.25) is 24.1 Å². The minimum Gasteiger partial charge on any atom is -0.480 e. The minimum absolute atomic E-state index is 0.0233. The summed E-state index contributed by atoms with van der Waals surface area (Å²) in [4.78, 5) is 67.1. The van der Waals surface area contributed by atoms with E-state index in [-0.39, 0.29) is 12.0 Å². The smallest absolute Gasteiger partial charge is 0.471 e. The Morgan fingerprint density at radius 2 is 1.58 bits per heavy atom. The standard InChI is InChI=1S/C16H20F3N3O9/c1-7(4-9(13(27)28)21-6-23)5-10(14(29)30)22(15(31)16(17,18)19)11(24)3-2-8(20)12(25)26/h6,8-10H,1-5,20H2,(H,21,23)(H,25,26)(H,27,28)(H,29,30)/t8-,9?,10?/m1/s1. The zero-order chi connectivity index (χ0) is 24.5. The Balaban J connectivity index is 5.80. The first kappa shape index (κ1) is 27.5. The number of amides is 3. The summed E-state index contributed by atoms with van der Waals surface area (Å²) in [6, 6.07) is -5.67. The highest BCUT2D eigenvalue weighted by Crippen LogP contribution is 2.24. The Morgan fingerprint density at radius 1 is 1.03 bits per heavy atom. The summed E-state index contributed by atoms with van der Waals surface area (Å²) in [5.41, 5.74) is 4.85. The van der Waals surface area contributed by atoms with Crippen LogP contribution < -0.4 is 11.1 Å². The van der Waals surface area contributed by atoms with Gasteiger partial charge < -0.3 is 26.4 Å². The van der Waals surface area contributed by atoms with E-state index in [1.807, 2.05) is 5.32 Å². The molecule has 0 aliphatic carbocycles. The van der Waals surface area contributed by atoms with Crippen molar-refractivity contribution in [2.45, 2.75) is 50.0 Å². The molecule has 0 spiro atoms. The third kappa shape index (κ3) is 8.81. The maximum Gasteiger partial charge on any atom is 0.471 e. The van der Waals surface area contributed by atoms with Gasteiger partial charge in [-0.05, 0) is 19.3 Å². The molecule has 174 valence electrons. The molecule has 0 fully saturated rings. The van der Waals surface area contributed by atoms with Gasteiger partial charge in [0.2, 0.25) is 12.3 Å². The summed E-state index contributed by atoms with van der Waals surface area (Å²) in [7, 11) is 0. The molecule has 0 radical (unpaired) electrons. The molecular formula is C16H20F3N3O9. The van der Waals surface area contributed by atoms with Crippen molar-refractivity contribution < 1.29 is 57.3 Å². The Labute approximate surface area is 172 Å². The van der Waals surface area contributed by atoms with E-state index in [9.17, 15) is 47.0 Å². The number of carboxylic acids is 3. The number of aliphatic carboxylic acids is 3. The number of hydrogen-bond donors (Lipinski definition) is 5. The lowest BCUT2D eigenvalue weighted by Gasteiger charge is -2.29. The van der Waals surface area contributed by atoms with Gasteiger partial charge in [0, 0.05) is 6.42 Å². The van der Waals surface area contributed by atoms with Crippen molar-refractivity contribution in [2.24, 2.45) is 5.73 Å². The molecule has 31 heavy (non-hydrogen) atoms. The van der Waals surface area contributed by atoms with Crippen LogP contribution in [0, 0.1) is 0 Å². The van der Waals surface area contributed by atoms with Gasteiger partial charge in [-0.25, -0.2) is 9.59 Å². The van der Waals surface area contributed by atoms with Crippen molar-refractivity contribution >= 4 is 36.1 Å². The van der Waals surface area contributed by atoms with Crippen molar-refractivity contribution in [3.05, 3.63) is 12.2 Å². The second-order valence-corrected chi connectivity index (χ2v) is 6.24. The molecule has 3 atom stereocenters. The molecule has 0 aliphatic heterocycles. The average Bonchev–Trinajstić information content (AvgIpc) is 2.63. The highest BCUT2D eigenvalue weighted by Gasteiger charge is 2.49. The highest BCUT2D eigenvalue weighted by atomic mass is 19.4. The molecule has 0 saturated heterocycles. The van der Waals surface area contributed by atoms with Crippen molar-refractivity contribution in [3.8, 4) is 0 Å². The molecular weight excluding hydrogens is 435 g/mol. The van der Waals surface area contributed by atoms with E-state index in [0.717, 1.165) is 0 Å². The van der Waals surface area contributed by atoms with Crippen LogP contribution in [0.5, 0.6) is 0 Å². The number of carbonyl (C=O) groups excluding carboxylic acids is 3. The van der Waals surface area contributed by atoms with Crippen molar-refractivity contribution in [3.63, 3.8) is 0 Å². The van der Waals surface area contributed by atoms with E-state index in [1.165, 1.54) is 0 Å². The molecule has 0 saturated carbocycles. The van der Waals surface area contributed by atoms with Crippen LogP contribution in [0.1, 0.15) is 25.7 Å². The van der Waals surface area contributed by atoms with Gasteiger partial charge >= 0.3 is 30.0 Å². The van der Waals surface area contributed by atoms with E-state index < -0.39 is 84.6 Å². The van der Waals surface area contributed by atoms with Crippen LogP contribution >= 0.6 is 0 Å². The number of nitrogens with one attached hydrogen (secondary N) is 1. The van der Waals surface area contributed by atoms with Crippen LogP contribution in [0.25, 0.3) is 0 Å². The lowest BCUT2D eigenvalue weighted by Crippen LogP contribution is -2.53. The van der Waals surface area contributed by atoms with Crippen molar-refractivity contribution in [1.82, 2.24) is 10.2 Å². The number of rotatable bonds is 13. The number of hydrogen-bond acceptors (Lipinski definition) is 7. The van der Waals surface area contributed by atoms with E-state index in [4.69, 9.17) is 15.9 Å². The molecule has 2 unspecified atom stereocenters. The molecule has 0 aromatic heterocycles. The number of alkyl halides is 3. The van der Waals surface area contributed by atoms with Crippen LogP contribution in [-0.4, -0.2) is 80.7 Å². The molecule has 15 heteroatoms. The third-order valence-electron chi connectivity index (χ3n) is 3.86. The predicted molar refractivity (Wildman–Crippen MR) is 93.2 cm³/mol. The van der Waals surface area contributed by atoms with Crippen LogP contribution in [0.15, 0.2) is 12.2 Å². The first-order valence-electron chi connectivity index (χ1n) is 8.37.